The molecule has 0 bridgehead atoms. The van der Waals surface area contributed by atoms with Crippen LogP contribution in [0, 0.1) is 0 Å². The maximum Gasteiger partial charge on any atom is 0.328 e. The SMILES string of the molecule is CCCCS(=O)O/N=C(\C(=N/OS(=O)(=O)CCCC)c1ccccc1)c1ccccc1. The number of hydrogen-bond acceptors (Lipinski definition) is 7. The van der Waals surface area contributed by atoms with E-state index in [4.69, 9.17) is 8.57 Å². The first-order valence-corrected chi connectivity index (χ1v) is 13.0. The van der Waals surface area contributed by atoms with Crippen molar-refractivity contribution in [2.75, 3.05) is 11.5 Å². The molecule has 0 aliphatic rings. The van der Waals surface area contributed by atoms with Crippen LogP contribution >= 0.6 is 0 Å². The maximum atomic E-state index is 12.2. The molecule has 0 saturated heterocycles. The Morgan fingerprint density at radius 1 is 0.839 bits per heavy atom. The van der Waals surface area contributed by atoms with Crippen LogP contribution in [0.4, 0.5) is 0 Å². The third-order valence-corrected chi connectivity index (χ3v) is 6.14. The second-order valence-electron chi connectivity index (χ2n) is 6.74. The molecule has 0 heterocycles. The quantitative estimate of drug-likeness (QED) is 0.323. The van der Waals surface area contributed by atoms with Crippen LogP contribution in [0.2, 0.25) is 0 Å². The van der Waals surface area contributed by atoms with Crippen LogP contribution < -0.4 is 0 Å². The molecule has 0 saturated carbocycles. The molecule has 0 radical (unpaired) electrons. The van der Waals surface area contributed by atoms with Gasteiger partial charge < -0.3 is 0 Å². The molecule has 1 atom stereocenters. The van der Waals surface area contributed by atoms with Gasteiger partial charge in [0.25, 0.3) is 0 Å². The van der Waals surface area contributed by atoms with E-state index in [2.05, 4.69) is 10.3 Å². The molecular formula is C22H28N2O5S2. The molecule has 168 valence electrons. The monoisotopic (exact) mass is 464 g/mol. The lowest BCUT2D eigenvalue weighted by Crippen LogP contribution is -2.20. The normalized spacial score (nSPS) is 13.6. The van der Waals surface area contributed by atoms with Gasteiger partial charge in [-0.3, -0.25) is 8.57 Å². The van der Waals surface area contributed by atoms with Crippen molar-refractivity contribution in [2.45, 2.75) is 39.5 Å². The third-order valence-electron chi connectivity index (χ3n) is 4.19. The number of nitrogens with zero attached hydrogens (tertiary/aromatic N) is 2. The van der Waals surface area contributed by atoms with Gasteiger partial charge in [0.1, 0.15) is 11.4 Å². The zero-order chi connectivity index (χ0) is 22.5. The smallest absolute Gasteiger partial charge is 0.292 e. The number of unbranched alkanes of at least 4 members (excludes halogenated alkanes) is 2. The number of benzene rings is 2. The van der Waals surface area contributed by atoms with Crippen LogP contribution in [0.1, 0.15) is 50.7 Å². The molecule has 2 rings (SSSR count). The summed E-state index contributed by atoms with van der Waals surface area (Å²) in [6.07, 6.45) is 2.80. The minimum Gasteiger partial charge on any atom is -0.292 e. The average molecular weight is 465 g/mol. The number of rotatable bonds is 13. The first-order chi connectivity index (χ1) is 15.0. The van der Waals surface area contributed by atoms with Gasteiger partial charge in [-0.15, -0.1) is 0 Å². The van der Waals surface area contributed by atoms with Gasteiger partial charge in [0, 0.05) is 11.1 Å². The standard InChI is InChI=1S/C22H28N2O5S2/c1-3-5-17-30(25)28-23-21(19-13-9-7-10-14-19)22(20-15-11-8-12-16-20)24-29-31(26,27)18-6-4-2/h7-16H,3-6,17-18H2,1-2H3/b23-21-,24-22-. The van der Waals surface area contributed by atoms with Crippen molar-refractivity contribution in [1.82, 2.24) is 0 Å². The van der Waals surface area contributed by atoms with Crippen molar-refractivity contribution < 1.29 is 21.2 Å². The molecule has 1 unspecified atom stereocenters. The van der Waals surface area contributed by atoms with Crippen LogP contribution in [0.5, 0.6) is 0 Å². The van der Waals surface area contributed by atoms with Gasteiger partial charge in [-0.2, -0.15) is 8.42 Å². The van der Waals surface area contributed by atoms with Gasteiger partial charge in [0.05, 0.1) is 11.5 Å². The molecule has 0 aromatic heterocycles. The van der Waals surface area contributed by atoms with E-state index in [1.165, 1.54) is 0 Å². The summed E-state index contributed by atoms with van der Waals surface area (Å²) in [6, 6.07) is 17.9. The fourth-order valence-corrected chi connectivity index (χ4v) is 4.15. The summed E-state index contributed by atoms with van der Waals surface area (Å²) in [7, 11) is -3.85. The van der Waals surface area contributed by atoms with Crippen molar-refractivity contribution in [2.24, 2.45) is 10.3 Å². The highest BCUT2D eigenvalue weighted by Gasteiger charge is 2.19. The second-order valence-corrected chi connectivity index (χ2v) is 9.58. The Hall–Kier alpha value is -2.52. The molecule has 0 fully saturated rings. The lowest BCUT2D eigenvalue weighted by molar-refractivity contribution is 0.338. The van der Waals surface area contributed by atoms with Crippen LogP contribution in [-0.4, -0.2) is 35.6 Å². The maximum absolute atomic E-state index is 12.2. The summed E-state index contributed by atoms with van der Waals surface area (Å²) in [5, 5.41) is 8.05. The van der Waals surface area contributed by atoms with Gasteiger partial charge in [0.15, 0.2) is 0 Å². The minimum atomic E-state index is -3.85. The Morgan fingerprint density at radius 2 is 1.35 bits per heavy atom. The average Bonchev–Trinajstić information content (AvgIpc) is 2.79. The Morgan fingerprint density at radius 3 is 1.87 bits per heavy atom. The molecule has 2 aromatic carbocycles. The van der Waals surface area contributed by atoms with Gasteiger partial charge in [-0.25, -0.2) is 4.21 Å². The molecule has 0 spiro atoms. The lowest BCUT2D eigenvalue weighted by atomic mass is 10.0. The predicted molar refractivity (Wildman–Crippen MR) is 125 cm³/mol. The van der Waals surface area contributed by atoms with E-state index < -0.39 is 21.2 Å². The molecule has 31 heavy (non-hydrogen) atoms. The fraction of sp³-hybridized carbons (Fsp3) is 0.364. The first kappa shape index (κ1) is 24.7. The van der Waals surface area contributed by atoms with Crippen LogP contribution in [0.25, 0.3) is 0 Å². The van der Waals surface area contributed by atoms with Gasteiger partial charge in [0.2, 0.25) is 11.1 Å². The van der Waals surface area contributed by atoms with Crippen LogP contribution in [0.15, 0.2) is 71.0 Å². The third kappa shape index (κ3) is 8.63. The Labute approximate surface area is 186 Å². The summed E-state index contributed by atoms with van der Waals surface area (Å²) in [5.74, 6) is 0.214. The number of oxime groups is 2. The first-order valence-electron chi connectivity index (χ1n) is 10.2. The fourth-order valence-electron chi connectivity index (χ4n) is 2.49. The van der Waals surface area contributed by atoms with Crippen LogP contribution in [0.3, 0.4) is 0 Å². The van der Waals surface area contributed by atoms with E-state index in [-0.39, 0.29) is 17.2 Å². The summed E-state index contributed by atoms with van der Waals surface area (Å²) >= 11 is -1.61. The van der Waals surface area contributed by atoms with Crippen molar-refractivity contribution in [1.29, 1.82) is 0 Å². The Balaban J connectivity index is 2.48. The van der Waals surface area contributed by atoms with E-state index in [0.717, 1.165) is 12.8 Å². The highest BCUT2D eigenvalue weighted by molar-refractivity contribution is 7.86. The zero-order valence-corrected chi connectivity index (χ0v) is 19.4. The lowest BCUT2D eigenvalue weighted by Gasteiger charge is -2.10. The Kier molecular flexibility index (Phi) is 10.4. The van der Waals surface area contributed by atoms with E-state index in [0.29, 0.717) is 29.7 Å². The van der Waals surface area contributed by atoms with Gasteiger partial charge >= 0.3 is 10.1 Å². The van der Waals surface area contributed by atoms with Crippen LogP contribution in [-0.2, 0) is 29.8 Å². The van der Waals surface area contributed by atoms with E-state index >= 15 is 0 Å². The van der Waals surface area contributed by atoms with E-state index in [1.807, 2.05) is 26.0 Å². The zero-order valence-electron chi connectivity index (χ0n) is 17.8. The molecular weight excluding hydrogens is 436 g/mol. The minimum absolute atomic E-state index is 0.135. The van der Waals surface area contributed by atoms with E-state index in [9.17, 15) is 12.6 Å². The molecule has 0 aliphatic carbocycles. The topological polar surface area (TPSA) is 94.4 Å². The second kappa shape index (κ2) is 13.0. The molecule has 0 N–H and O–H groups in total. The van der Waals surface area contributed by atoms with Gasteiger partial charge in [-0.1, -0.05) is 97.7 Å². The van der Waals surface area contributed by atoms with Crippen molar-refractivity contribution in [3.8, 4) is 0 Å². The molecule has 2 aromatic rings. The summed E-state index contributed by atoms with van der Waals surface area (Å²) in [5.41, 5.74) is 1.59. The van der Waals surface area contributed by atoms with Gasteiger partial charge in [-0.05, 0) is 12.8 Å². The molecule has 7 nitrogen and oxygen atoms in total. The summed E-state index contributed by atoms with van der Waals surface area (Å²) in [4.78, 5) is 0. The Bertz CT molecular complexity index is 991. The predicted octanol–water partition coefficient (Wildman–Crippen LogP) is 4.42. The number of hydrogen-bond donors (Lipinski definition) is 0. The highest BCUT2D eigenvalue weighted by atomic mass is 32.2. The molecule has 9 heteroatoms. The van der Waals surface area contributed by atoms with Crippen molar-refractivity contribution >= 4 is 32.6 Å². The molecule has 0 amide bonds. The molecule has 0 aliphatic heterocycles. The highest BCUT2D eigenvalue weighted by Crippen LogP contribution is 2.13. The summed E-state index contributed by atoms with van der Waals surface area (Å²) in [6.45, 7) is 3.89. The van der Waals surface area contributed by atoms with E-state index in [1.54, 1.807) is 48.5 Å². The van der Waals surface area contributed by atoms with Crippen molar-refractivity contribution in [3.63, 3.8) is 0 Å². The largest absolute Gasteiger partial charge is 0.328 e. The van der Waals surface area contributed by atoms with Crippen molar-refractivity contribution in [3.05, 3.63) is 71.8 Å². The summed E-state index contributed by atoms with van der Waals surface area (Å²) < 4.78 is 46.8.